The molecule has 2 fully saturated rings. The maximum absolute atomic E-state index is 15.2. The Hall–Kier alpha value is -3.52. The fraction of sp³-hybridized carbons (Fsp3) is 0.333. The molecule has 0 radical (unpaired) electrons. The maximum atomic E-state index is 15.2. The van der Waals surface area contributed by atoms with Crippen molar-refractivity contribution in [1.29, 1.82) is 0 Å². The van der Waals surface area contributed by atoms with E-state index < -0.39 is 23.6 Å². The zero-order valence-corrected chi connectivity index (χ0v) is 19.0. The molecule has 1 saturated heterocycles. The Morgan fingerprint density at radius 3 is 2.74 bits per heavy atom. The van der Waals surface area contributed by atoms with Crippen LogP contribution in [-0.2, 0) is 0 Å². The van der Waals surface area contributed by atoms with Gasteiger partial charge in [-0.05, 0) is 55.0 Å². The van der Waals surface area contributed by atoms with E-state index in [1.807, 2.05) is 6.07 Å². The summed E-state index contributed by atoms with van der Waals surface area (Å²) < 4.78 is 32.3. The minimum atomic E-state index is -0.694. The number of carbonyl (C=O) groups is 1. The zero-order valence-electron chi connectivity index (χ0n) is 19.0. The summed E-state index contributed by atoms with van der Waals surface area (Å²) in [7, 11) is 0. The molecule has 0 spiro atoms. The first-order valence-electron chi connectivity index (χ1n) is 12.0. The Morgan fingerprint density at radius 2 is 1.91 bits per heavy atom. The molecule has 2 N–H and O–H groups in total. The Kier molecular flexibility index (Phi) is 5.40. The van der Waals surface area contributed by atoms with Crippen molar-refractivity contribution in [2.45, 2.75) is 43.7 Å². The summed E-state index contributed by atoms with van der Waals surface area (Å²) in [5.41, 5.74) is 2.02. The fourth-order valence-electron chi connectivity index (χ4n) is 5.66. The number of amides is 1. The van der Waals surface area contributed by atoms with Gasteiger partial charge in [-0.1, -0.05) is 12.1 Å². The topological polar surface area (TPSA) is 78.1 Å². The monoisotopic (exact) mass is 475 g/mol. The van der Waals surface area contributed by atoms with Gasteiger partial charge in [-0.15, -0.1) is 0 Å². The van der Waals surface area contributed by atoms with Gasteiger partial charge < -0.3 is 10.4 Å². The van der Waals surface area contributed by atoms with Gasteiger partial charge in [0.15, 0.2) is 6.04 Å². The molecular formula is C27H25F2N4O2+. The zero-order chi connectivity index (χ0) is 24.1. The van der Waals surface area contributed by atoms with E-state index in [1.54, 1.807) is 24.5 Å². The highest BCUT2D eigenvalue weighted by atomic mass is 19.1. The molecule has 178 valence electrons. The number of benzene rings is 1. The summed E-state index contributed by atoms with van der Waals surface area (Å²) in [6.45, 7) is 0.769. The van der Waals surface area contributed by atoms with Crippen LogP contribution in [0.3, 0.4) is 0 Å². The van der Waals surface area contributed by atoms with E-state index in [4.69, 9.17) is 0 Å². The van der Waals surface area contributed by atoms with Crippen molar-refractivity contribution in [3.8, 4) is 11.3 Å². The highest BCUT2D eigenvalue weighted by Gasteiger charge is 2.40. The number of aromatic nitrogens is 2. The van der Waals surface area contributed by atoms with E-state index in [9.17, 15) is 9.90 Å². The molecule has 4 bridgehead atoms. The number of hydrogen-bond donors (Lipinski definition) is 2. The average molecular weight is 476 g/mol. The Labute approximate surface area is 201 Å². The third-order valence-electron chi connectivity index (χ3n) is 7.57. The van der Waals surface area contributed by atoms with Gasteiger partial charge in [0, 0.05) is 17.3 Å². The van der Waals surface area contributed by atoms with Crippen LogP contribution in [0.5, 0.6) is 0 Å². The van der Waals surface area contributed by atoms with Crippen molar-refractivity contribution in [3.63, 3.8) is 0 Å². The van der Waals surface area contributed by atoms with Crippen LogP contribution in [0.25, 0.3) is 11.3 Å². The smallest absolute Gasteiger partial charge is 0.274 e. The minimum Gasteiger partial charge on any atom is -0.392 e. The predicted octanol–water partition coefficient (Wildman–Crippen LogP) is 4.46. The fourth-order valence-corrected chi connectivity index (χ4v) is 5.66. The van der Waals surface area contributed by atoms with Crippen molar-refractivity contribution in [2.75, 3.05) is 11.9 Å². The molecule has 4 unspecified atom stereocenters. The van der Waals surface area contributed by atoms with E-state index in [2.05, 4.69) is 26.1 Å². The van der Waals surface area contributed by atoms with Crippen molar-refractivity contribution < 1.29 is 23.3 Å². The highest BCUT2D eigenvalue weighted by Crippen LogP contribution is 2.41. The molecular weight excluding hydrogens is 450 g/mol. The number of nitrogens with one attached hydrogen (secondary N) is 1. The molecule has 2 aliphatic heterocycles. The van der Waals surface area contributed by atoms with Gasteiger partial charge in [-0.25, -0.2) is 18.3 Å². The van der Waals surface area contributed by atoms with Gasteiger partial charge in [0.05, 0.1) is 30.3 Å². The second-order valence-corrected chi connectivity index (χ2v) is 9.58. The Morgan fingerprint density at radius 1 is 1.03 bits per heavy atom. The molecule has 6 rings (SSSR count). The summed E-state index contributed by atoms with van der Waals surface area (Å²) in [6, 6.07) is 8.88. The second kappa shape index (κ2) is 8.61. The van der Waals surface area contributed by atoms with Gasteiger partial charge in [-0.3, -0.25) is 9.78 Å². The standard InChI is InChI=1S/C27H24F2N4O2/c28-19-3-1-2-18-23-9-11-33(23)14-16-12-15(4-7-24(16)34)17-8-10-30-13-22(17)32-27(35)21-6-5-20(29)26(31-21)25(18)19/h1-3,5-6,8,10,13-16,23-24,34H,4,7,9,11-12H2/p+1. The molecule has 35 heavy (non-hydrogen) atoms. The highest BCUT2D eigenvalue weighted by molar-refractivity contribution is 6.03. The summed E-state index contributed by atoms with van der Waals surface area (Å²) >= 11 is 0. The molecule has 1 aromatic carbocycles. The first kappa shape index (κ1) is 22.0. The summed E-state index contributed by atoms with van der Waals surface area (Å²) in [5.74, 6) is -1.76. The summed E-state index contributed by atoms with van der Waals surface area (Å²) in [4.78, 5) is 21.6. The number of carbonyl (C=O) groups excluding carboxylic acids is 1. The SMILES string of the molecule is O=C1Nc2cnccc2C2CCC(O)C(C=[N+]3CCC3c3cccc(F)c3-c3nc1ccc3F)C2. The first-order chi connectivity index (χ1) is 17.0. The van der Waals surface area contributed by atoms with Gasteiger partial charge >= 0.3 is 0 Å². The van der Waals surface area contributed by atoms with E-state index in [1.165, 1.54) is 12.1 Å². The number of fused-ring (bicyclic) bond motifs is 10. The molecule has 1 amide bonds. The average Bonchev–Trinajstić information content (AvgIpc) is 2.83. The van der Waals surface area contributed by atoms with Crippen LogP contribution in [0.4, 0.5) is 14.5 Å². The number of aliphatic hydroxyl groups excluding tert-OH is 1. The van der Waals surface area contributed by atoms with Gasteiger partial charge in [0.2, 0.25) is 0 Å². The second-order valence-electron chi connectivity index (χ2n) is 9.58. The predicted molar refractivity (Wildman–Crippen MR) is 126 cm³/mol. The van der Waals surface area contributed by atoms with Crippen molar-refractivity contribution in [2.24, 2.45) is 5.92 Å². The lowest BCUT2D eigenvalue weighted by Crippen LogP contribution is -2.39. The van der Waals surface area contributed by atoms with Crippen molar-refractivity contribution in [1.82, 2.24) is 9.97 Å². The van der Waals surface area contributed by atoms with E-state index in [-0.39, 0.29) is 34.8 Å². The molecule has 1 aliphatic carbocycles. The molecule has 4 heterocycles. The summed E-state index contributed by atoms with van der Waals surface area (Å²) in [6.07, 6.45) is 7.79. The quantitative estimate of drug-likeness (QED) is 0.471. The molecule has 6 nitrogen and oxygen atoms in total. The molecule has 3 aromatic rings. The molecule has 8 heteroatoms. The van der Waals surface area contributed by atoms with Crippen molar-refractivity contribution >= 4 is 17.8 Å². The number of hydrogen-bond acceptors (Lipinski definition) is 4. The van der Waals surface area contributed by atoms with Gasteiger partial charge in [0.1, 0.15) is 35.8 Å². The number of rotatable bonds is 0. The van der Waals surface area contributed by atoms with Crippen LogP contribution in [0.15, 0.2) is 48.8 Å². The Bertz CT molecular complexity index is 1360. The van der Waals surface area contributed by atoms with Crippen molar-refractivity contribution in [3.05, 3.63) is 77.2 Å². The number of anilines is 1. The number of pyridine rings is 2. The lowest BCUT2D eigenvalue weighted by atomic mass is 9.76. The number of halogens is 2. The largest absolute Gasteiger partial charge is 0.392 e. The van der Waals surface area contributed by atoms with Crippen LogP contribution >= 0.6 is 0 Å². The molecule has 1 saturated carbocycles. The third kappa shape index (κ3) is 3.82. The summed E-state index contributed by atoms with van der Waals surface area (Å²) in [5, 5.41) is 13.7. The third-order valence-corrected chi connectivity index (χ3v) is 7.57. The van der Waals surface area contributed by atoms with Crippen LogP contribution < -0.4 is 5.32 Å². The van der Waals surface area contributed by atoms with Gasteiger partial charge in [-0.2, -0.15) is 0 Å². The van der Waals surface area contributed by atoms with E-state index >= 15 is 8.78 Å². The lowest BCUT2D eigenvalue weighted by Gasteiger charge is -2.33. The lowest BCUT2D eigenvalue weighted by molar-refractivity contribution is -0.630. The van der Waals surface area contributed by atoms with Crippen LogP contribution in [0, 0.1) is 17.6 Å². The van der Waals surface area contributed by atoms with E-state index in [0.29, 0.717) is 24.1 Å². The normalized spacial score (nSPS) is 25.5. The first-order valence-corrected chi connectivity index (χ1v) is 12.0. The molecule has 3 aliphatic rings. The number of nitrogens with zero attached hydrogens (tertiary/aromatic N) is 3. The van der Waals surface area contributed by atoms with Crippen LogP contribution in [0.2, 0.25) is 0 Å². The van der Waals surface area contributed by atoms with Crippen LogP contribution in [-0.4, -0.2) is 44.4 Å². The maximum Gasteiger partial charge on any atom is 0.274 e. The Balaban J connectivity index is 1.56. The van der Waals surface area contributed by atoms with Gasteiger partial charge in [0.25, 0.3) is 5.91 Å². The number of aliphatic hydroxyl groups is 1. The van der Waals surface area contributed by atoms with E-state index in [0.717, 1.165) is 31.0 Å². The molecule has 4 atom stereocenters. The van der Waals surface area contributed by atoms with Crippen LogP contribution in [0.1, 0.15) is 59.3 Å². The molecule has 2 aromatic heterocycles. The minimum absolute atomic E-state index is 0.00532.